The number of carboxylic acid groups (broad SMARTS) is 1. The number of imidazole rings is 1. The largest absolute Gasteiger partial charge is 0.481 e. The highest BCUT2D eigenvalue weighted by Crippen LogP contribution is 2.22. The highest BCUT2D eigenvalue weighted by molar-refractivity contribution is 5.66. The number of nitrogens with zero attached hydrogens (tertiary/aromatic N) is 3. The van der Waals surface area contributed by atoms with Crippen LogP contribution in [0, 0.1) is 12.8 Å². The predicted molar refractivity (Wildman–Crippen MR) is 80.2 cm³/mol. The molecule has 1 aliphatic heterocycles. The number of rotatable bonds is 5. The Bertz CT molecular complexity index is 650. The first kappa shape index (κ1) is 14.1. The van der Waals surface area contributed by atoms with Crippen molar-refractivity contribution in [3.8, 4) is 0 Å². The molecule has 21 heavy (non-hydrogen) atoms. The lowest BCUT2D eigenvalue weighted by Crippen LogP contribution is -2.20. The minimum atomic E-state index is -0.691. The van der Waals surface area contributed by atoms with Gasteiger partial charge in [0.15, 0.2) is 0 Å². The maximum Gasteiger partial charge on any atom is 0.303 e. The van der Waals surface area contributed by atoms with E-state index in [0.29, 0.717) is 5.92 Å². The van der Waals surface area contributed by atoms with Crippen LogP contribution >= 0.6 is 0 Å². The molecule has 3 rings (SSSR count). The van der Waals surface area contributed by atoms with Crippen molar-refractivity contribution in [3.63, 3.8) is 0 Å². The molecule has 1 fully saturated rings. The van der Waals surface area contributed by atoms with Crippen molar-refractivity contribution in [2.45, 2.75) is 32.7 Å². The lowest BCUT2D eigenvalue weighted by Gasteiger charge is -2.13. The molecule has 2 aromatic rings. The van der Waals surface area contributed by atoms with Gasteiger partial charge in [-0.2, -0.15) is 0 Å². The summed E-state index contributed by atoms with van der Waals surface area (Å²) >= 11 is 0. The number of pyridine rings is 1. The molecule has 0 bridgehead atoms. The molecular formula is C16H21N3O2. The zero-order valence-corrected chi connectivity index (χ0v) is 12.3. The minimum absolute atomic E-state index is 0.284. The molecule has 0 aromatic carbocycles. The van der Waals surface area contributed by atoms with Gasteiger partial charge in [0.2, 0.25) is 0 Å². The monoisotopic (exact) mass is 287 g/mol. The second-order valence-electron chi connectivity index (χ2n) is 6.03. The maximum absolute atomic E-state index is 10.6. The van der Waals surface area contributed by atoms with Crippen molar-refractivity contribution in [1.82, 2.24) is 14.3 Å². The van der Waals surface area contributed by atoms with E-state index in [0.717, 1.165) is 43.8 Å². The Hall–Kier alpha value is -1.88. The van der Waals surface area contributed by atoms with Gasteiger partial charge in [-0.05, 0) is 43.9 Å². The third-order valence-corrected chi connectivity index (χ3v) is 4.17. The fourth-order valence-corrected chi connectivity index (χ4v) is 3.08. The normalized spacial score (nSPS) is 19.4. The highest BCUT2D eigenvalue weighted by atomic mass is 16.4. The van der Waals surface area contributed by atoms with Crippen LogP contribution < -0.4 is 0 Å². The molecular weight excluding hydrogens is 266 g/mol. The number of hydrogen-bond donors (Lipinski definition) is 1. The first-order chi connectivity index (χ1) is 10.1. The second-order valence-corrected chi connectivity index (χ2v) is 6.03. The number of carbonyl (C=O) groups is 1. The van der Waals surface area contributed by atoms with E-state index < -0.39 is 5.97 Å². The summed E-state index contributed by atoms with van der Waals surface area (Å²) < 4.78 is 2.07. The van der Waals surface area contributed by atoms with Crippen LogP contribution in [0.15, 0.2) is 24.5 Å². The molecule has 0 radical (unpaired) electrons. The van der Waals surface area contributed by atoms with Crippen LogP contribution in [-0.4, -0.2) is 38.4 Å². The number of hydrogen-bond acceptors (Lipinski definition) is 3. The van der Waals surface area contributed by atoms with Crippen LogP contribution in [0.25, 0.3) is 5.65 Å². The third-order valence-electron chi connectivity index (χ3n) is 4.17. The van der Waals surface area contributed by atoms with Crippen LogP contribution in [0.3, 0.4) is 0 Å². The van der Waals surface area contributed by atoms with Crippen molar-refractivity contribution in [2.24, 2.45) is 5.92 Å². The van der Waals surface area contributed by atoms with Gasteiger partial charge in [0, 0.05) is 31.9 Å². The van der Waals surface area contributed by atoms with E-state index in [2.05, 4.69) is 39.7 Å². The molecule has 0 amide bonds. The molecule has 0 aliphatic carbocycles. The number of likely N-dealkylation sites (tertiary alicyclic amines) is 1. The van der Waals surface area contributed by atoms with Gasteiger partial charge >= 0.3 is 5.97 Å². The summed E-state index contributed by atoms with van der Waals surface area (Å²) in [6.45, 7) is 4.95. The van der Waals surface area contributed by atoms with Crippen molar-refractivity contribution in [1.29, 1.82) is 0 Å². The van der Waals surface area contributed by atoms with Crippen molar-refractivity contribution < 1.29 is 9.90 Å². The van der Waals surface area contributed by atoms with Crippen molar-refractivity contribution in [3.05, 3.63) is 35.8 Å². The molecule has 5 heteroatoms. The third kappa shape index (κ3) is 3.42. The molecule has 5 nitrogen and oxygen atoms in total. The van der Waals surface area contributed by atoms with Gasteiger partial charge in [0.1, 0.15) is 5.65 Å². The van der Waals surface area contributed by atoms with Crippen LogP contribution in [-0.2, 0) is 11.3 Å². The predicted octanol–water partition coefficient (Wildman–Crippen LogP) is 2.33. The first-order valence-corrected chi connectivity index (χ1v) is 7.48. The average Bonchev–Trinajstić information content (AvgIpc) is 3.02. The van der Waals surface area contributed by atoms with Gasteiger partial charge in [-0.25, -0.2) is 4.98 Å². The van der Waals surface area contributed by atoms with Crippen LogP contribution in [0.2, 0.25) is 0 Å². The molecule has 112 valence electrons. The van der Waals surface area contributed by atoms with Gasteiger partial charge in [0.25, 0.3) is 0 Å². The Kier molecular flexibility index (Phi) is 3.92. The number of fused-ring (bicyclic) bond motifs is 1. The number of aliphatic carboxylic acids is 1. The van der Waals surface area contributed by atoms with E-state index in [9.17, 15) is 4.79 Å². The second kappa shape index (κ2) is 5.85. The number of aryl methyl sites for hydroxylation is 1. The molecule has 0 saturated carbocycles. The van der Waals surface area contributed by atoms with Gasteiger partial charge in [0.05, 0.1) is 5.69 Å². The summed E-state index contributed by atoms with van der Waals surface area (Å²) in [5.74, 6) is -0.176. The number of aromatic nitrogens is 2. The van der Waals surface area contributed by atoms with E-state index in [1.165, 1.54) is 5.56 Å². The fraction of sp³-hybridized carbons (Fsp3) is 0.500. The Labute approximate surface area is 124 Å². The quantitative estimate of drug-likeness (QED) is 0.917. The molecule has 1 unspecified atom stereocenters. The fourth-order valence-electron chi connectivity index (χ4n) is 3.08. The lowest BCUT2D eigenvalue weighted by atomic mass is 10.0. The summed E-state index contributed by atoms with van der Waals surface area (Å²) in [7, 11) is 0. The molecule has 0 spiro atoms. The highest BCUT2D eigenvalue weighted by Gasteiger charge is 2.23. The molecule has 1 atom stereocenters. The topological polar surface area (TPSA) is 57.8 Å². The van der Waals surface area contributed by atoms with Crippen molar-refractivity contribution >= 4 is 11.6 Å². The Morgan fingerprint density at radius 3 is 3.10 bits per heavy atom. The van der Waals surface area contributed by atoms with E-state index in [1.54, 1.807) is 0 Å². The van der Waals surface area contributed by atoms with Crippen LogP contribution in [0.1, 0.15) is 30.5 Å². The minimum Gasteiger partial charge on any atom is -0.481 e. The van der Waals surface area contributed by atoms with Crippen molar-refractivity contribution in [2.75, 3.05) is 13.1 Å². The Balaban J connectivity index is 1.60. The zero-order valence-electron chi connectivity index (χ0n) is 12.3. The summed E-state index contributed by atoms with van der Waals surface area (Å²) in [5, 5.41) is 8.75. The molecule has 1 saturated heterocycles. The van der Waals surface area contributed by atoms with Crippen LogP contribution in [0.5, 0.6) is 0 Å². The maximum atomic E-state index is 10.6. The van der Waals surface area contributed by atoms with E-state index in [1.807, 2.05) is 6.07 Å². The van der Waals surface area contributed by atoms with Crippen LogP contribution in [0.4, 0.5) is 0 Å². The van der Waals surface area contributed by atoms with Gasteiger partial charge in [-0.3, -0.25) is 9.69 Å². The lowest BCUT2D eigenvalue weighted by molar-refractivity contribution is -0.137. The van der Waals surface area contributed by atoms with Gasteiger partial charge in [-0.15, -0.1) is 0 Å². The molecule has 3 heterocycles. The zero-order chi connectivity index (χ0) is 14.8. The molecule has 2 aromatic heterocycles. The smallest absolute Gasteiger partial charge is 0.303 e. The average molecular weight is 287 g/mol. The van der Waals surface area contributed by atoms with Gasteiger partial charge in [-0.1, -0.05) is 6.07 Å². The van der Waals surface area contributed by atoms with E-state index in [4.69, 9.17) is 5.11 Å². The van der Waals surface area contributed by atoms with Gasteiger partial charge < -0.3 is 9.51 Å². The molecule has 1 N–H and O–H groups in total. The summed E-state index contributed by atoms with van der Waals surface area (Å²) in [4.78, 5) is 17.6. The Morgan fingerprint density at radius 2 is 2.29 bits per heavy atom. The summed E-state index contributed by atoms with van der Waals surface area (Å²) in [6, 6.07) is 4.11. The molecule has 1 aliphatic rings. The van der Waals surface area contributed by atoms with E-state index >= 15 is 0 Å². The Morgan fingerprint density at radius 1 is 1.43 bits per heavy atom. The van der Waals surface area contributed by atoms with E-state index in [-0.39, 0.29) is 6.42 Å². The summed E-state index contributed by atoms with van der Waals surface area (Å²) in [5.41, 5.74) is 3.29. The SMILES string of the molecule is Cc1ccc2nc(CN3CCC(CCC(=O)O)C3)cn2c1. The number of carboxylic acids is 1. The standard InChI is InChI=1S/C16H21N3O2/c1-12-2-4-15-17-14(11-19(15)8-12)10-18-7-6-13(9-18)3-5-16(20)21/h2,4,8,11,13H,3,5-7,9-10H2,1H3,(H,20,21). The summed E-state index contributed by atoms with van der Waals surface area (Å²) in [6.07, 6.45) is 6.35. The first-order valence-electron chi connectivity index (χ1n) is 7.48.